The van der Waals surface area contributed by atoms with Gasteiger partial charge in [-0.15, -0.1) is 0 Å². The average molecular weight is 309 g/mol. The van der Waals surface area contributed by atoms with Gasteiger partial charge in [0.2, 0.25) is 0 Å². The van der Waals surface area contributed by atoms with E-state index in [9.17, 15) is 14.9 Å². The fourth-order valence-corrected chi connectivity index (χ4v) is 2.25. The number of carbonyl (C=O) groups is 1. The van der Waals surface area contributed by atoms with Gasteiger partial charge in [0.1, 0.15) is 5.69 Å². The van der Waals surface area contributed by atoms with Crippen LogP contribution in [0.15, 0.2) is 18.2 Å². The lowest BCUT2D eigenvalue weighted by Crippen LogP contribution is -2.36. The Balaban J connectivity index is 2.19. The van der Waals surface area contributed by atoms with Crippen molar-refractivity contribution in [2.75, 3.05) is 51.5 Å². The zero-order valence-electron chi connectivity index (χ0n) is 12.4. The van der Waals surface area contributed by atoms with Crippen molar-refractivity contribution in [1.82, 2.24) is 5.32 Å². The molecule has 1 aliphatic rings. The molecule has 120 valence electrons. The van der Waals surface area contributed by atoms with Crippen LogP contribution in [0.2, 0.25) is 0 Å². The van der Waals surface area contributed by atoms with Crippen LogP contribution in [0, 0.1) is 10.1 Å². The molecule has 0 aromatic heterocycles. The third-order valence-electron chi connectivity index (χ3n) is 3.38. The summed E-state index contributed by atoms with van der Waals surface area (Å²) in [4.78, 5) is 24.7. The number of anilines is 1. The number of nitro benzene ring substituents is 1. The van der Waals surface area contributed by atoms with E-state index in [0.717, 1.165) is 0 Å². The third kappa shape index (κ3) is 3.92. The summed E-state index contributed by atoms with van der Waals surface area (Å²) >= 11 is 0. The Bertz CT molecular complexity index is 543. The number of morpholine rings is 1. The summed E-state index contributed by atoms with van der Waals surface area (Å²) in [5.74, 6) is -0.353. The Morgan fingerprint density at radius 3 is 2.82 bits per heavy atom. The summed E-state index contributed by atoms with van der Waals surface area (Å²) in [6.45, 7) is 3.02. The summed E-state index contributed by atoms with van der Waals surface area (Å²) < 4.78 is 10.1. The van der Waals surface area contributed by atoms with Crippen LogP contribution in [0.5, 0.6) is 0 Å². The van der Waals surface area contributed by atoms with Crippen LogP contribution < -0.4 is 10.2 Å². The van der Waals surface area contributed by atoms with Gasteiger partial charge < -0.3 is 19.7 Å². The SMILES string of the molecule is COCCNC(=O)c1ccc(N2CCOCC2)c([N+](=O)[O-])c1. The van der Waals surface area contributed by atoms with Gasteiger partial charge >= 0.3 is 0 Å². The molecule has 0 unspecified atom stereocenters. The van der Waals surface area contributed by atoms with E-state index >= 15 is 0 Å². The number of carbonyl (C=O) groups excluding carboxylic acids is 1. The molecule has 0 aliphatic carbocycles. The van der Waals surface area contributed by atoms with E-state index in [0.29, 0.717) is 45.1 Å². The van der Waals surface area contributed by atoms with Crippen molar-refractivity contribution in [3.05, 3.63) is 33.9 Å². The summed E-state index contributed by atoms with van der Waals surface area (Å²) in [5, 5.41) is 13.9. The highest BCUT2D eigenvalue weighted by atomic mass is 16.6. The molecule has 0 saturated carbocycles. The van der Waals surface area contributed by atoms with E-state index in [2.05, 4.69) is 5.32 Å². The van der Waals surface area contributed by atoms with Crippen LogP contribution in [-0.2, 0) is 9.47 Å². The maximum Gasteiger partial charge on any atom is 0.293 e. The predicted octanol–water partition coefficient (Wildman–Crippen LogP) is 0.808. The fraction of sp³-hybridized carbons (Fsp3) is 0.500. The lowest BCUT2D eigenvalue weighted by atomic mass is 10.1. The van der Waals surface area contributed by atoms with E-state index in [1.165, 1.54) is 13.2 Å². The monoisotopic (exact) mass is 309 g/mol. The Labute approximate surface area is 128 Å². The number of methoxy groups -OCH3 is 1. The van der Waals surface area contributed by atoms with Gasteiger partial charge in [0, 0.05) is 38.4 Å². The first-order chi connectivity index (χ1) is 10.6. The minimum Gasteiger partial charge on any atom is -0.383 e. The number of hydrogen-bond donors (Lipinski definition) is 1. The molecule has 2 rings (SSSR count). The number of nitro groups is 1. The average Bonchev–Trinajstić information content (AvgIpc) is 2.55. The number of ether oxygens (including phenoxy) is 2. The molecule has 8 heteroatoms. The summed E-state index contributed by atoms with van der Waals surface area (Å²) in [5.41, 5.74) is 0.711. The smallest absolute Gasteiger partial charge is 0.293 e. The second-order valence-corrected chi connectivity index (χ2v) is 4.81. The van der Waals surface area contributed by atoms with Gasteiger partial charge in [-0.2, -0.15) is 0 Å². The zero-order chi connectivity index (χ0) is 15.9. The van der Waals surface area contributed by atoms with Crippen molar-refractivity contribution in [2.24, 2.45) is 0 Å². The Morgan fingerprint density at radius 1 is 1.45 bits per heavy atom. The molecule has 22 heavy (non-hydrogen) atoms. The largest absolute Gasteiger partial charge is 0.383 e. The molecule has 1 aromatic carbocycles. The number of nitrogens with zero attached hydrogens (tertiary/aromatic N) is 2. The van der Waals surface area contributed by atoms with Crippen molar-refractivity contribution in [3.8, 4) is 0 Å². The quantitative estimate of drug-likeness (QED) is 0.475. The molecule has 1 aromatic rings. The van der Waals surface area contributed by atoms with Crippen LogP contribution in [0.1, 0.15) is 10.4 Å². The first kappa shape index (κ1) is 16.2. The van der Waals surface area contributed by atoms with E-state index in [1.807, 2.05) is 4.90 Å². The molecule has 0 bridgehead atoms. The van der Waals surface area contributed by atoms with E-state index < -0.39 is 4.92 Å². The van der Waals surface area contributed by atoms with Gasteiger partial charge in [-0.25, -0.2) is 0 Å². The predicted molar refractivity (Wildman–Crippen MR) is 80.3 cm³/mol. The summed E-state index contributed by atoms with van der Waals surface area (Å²) in [6.07, 6.45) is 0. The number of amides is 1. The lowest BCUT2D eigenvalue weighted by Gasteiger charge is -2.28. The van der Waals surface area contributed by atoms with Crippen molar-refractivity contribution in [3.63, 3.8) is 0 Å². The summed E-state index contributed by atoms with van der Waals surface area (Å²) in [7, 11) is 1.54. The van der Waals surface area contributed by atoms with Gasteiger partial charge in [-0.3, -0.25) is 14.9 Å². The van der Waals surface area contributed by atoms with Gasteiger partial charge in [0.15, 0.2) is 0 Å². The highest BCUT2D eigenvalue weighted by Crippen LogP contribution is 2.29. The number of hydrogen-bond acceptors (Lipinski definition) is 6. The van der Waals surface area contributed by atoms with Crippen molar-refractivity contribution >= 4 is 17.3 Å². The van der Waals surface area contributed by atoms with Crippen LogP contribution in [0.25, 0.3) is 0 Å². The minimum absolute atomic E-state index is 0.0682. The van der Waals surface area contributed by atoms with Gasteiger partial charge in [-0.05, 0) is 12.1 Å². The maximum atomic E-state index is 12.0. The molecule has 0 atom stereocenters. The third-order valence-corrected chi connectivity index (χ3v) is 3.38. The standard InChI is InChI=1S/C14H19N3O5/c1-21-7-4-15-14(18)11-2-3-12(13(10-11)17(19)20)16-5-8-22-9-6-16/h2-3,10H,4-9H2,1H3,(H,15,18). The topological polar surface area (TPSA) is 93.9 Å². The van der Waals surface area contributed by atoms with Gasteiger partial charge in [0.05, 0.1) is 24.7 Å². The molecular formula is C14H19N3O5. The molecule has 0 radical (unpaired) electrons. The molecule has 1 N–H and O–H groups in total. The molecule has 1 aliphatic heterocycles. The van der Waals surface area contributed by atoms with Crippen LogP contribution >= 0.6 is 0 Å². The highest BCUT2D eigenvalue weighted by Gasteiger charge is 2.23. The van der Waals surface area contributed by atoms with Gasteiger partial charge in [-0.1, -0.05) is 0 Å². The second kappa shape index (κ2) is 7.71. The van der Waals surface area contributed by atoms with Crippen molar-refractivity contribution in [1.29, 1.82) is 0 Å². The van der Waals surface area contributed by atoms with Crippen LogP contribution in [0.4, 0.5) is 11.4 Å². The van der Waals surface area contributed by atoms with E-state index in [4.69, 9.17) is 9.47 Å². The van der Waals surface area contributed by atoms with E-state index in [-0.39, 0.29) is 17.2 Å². The first-order valence-corrected chi connectivity index (χ1v) is 7.01. The molecule has 1 saturated heterocycles. The normalized spacial score (nSPS) is 14.7. The van der Waals surface area contributed by atoms with Crippen molar-refractivity contribution in [2.45, 2.75) is 0 Å². The zero-order valence-corrected chi connectivity index (χ0v) is 12.4. The molecule has 0 spiro atoms. The van der Waals surface area contributed by atoms with Crippen molar-refractivity contribution < 1.29 is 19.2 Å². The number of rotatable bonds is 6. The summed E-state index contributed by atoms with van der Waals surface area (Å²) in [6, 6.07) is 4.53. The molecular weight excluding hydrogens is 290 g/mol. The van der Waals surface area contributed by atoms with Gasteiger partial charge in [0.25, 0.3) is 11.6 Å². The molecule has 8 nitrogen and oxygen atoms in total. The Kier molecular flexibility index (Phi) is 5.68. The molecule has 1 heterocycles. The lowest BCUT2D eigenvalue weighted by molar-refractivity contribution is -0.384. The number of nitrogens with one attached hydrogen (secondary N) is 1. The Morgan fingerprint density at radius 2 is 2.18 bits per heavy atom. The first-order valence-electron chi connectivity index (χ1n) is 7.01. The maximum absolute atomic E-state index is 12.0. The molecule has 1 amide bonds. The number of benzene rings is 1. The Hall–Kier alpha value is -2.19. The van der Waals surface area contributed by atoms with Crippen LogP contribution in [0.3, 0.4) is 0 Å². The second-order valence-electron chi connectivity index (χ2n) is 4.81. The fourth-order valence-electron chi connectivity index (χ4n) is 2.25. The van der Waals surface area contributed by atoms with E-state index in [1.54, 1.807) is 12.1 Å². The highest BCUT2D eigenvalue weighted by molar-refractivity contribution is 5.95. The molecule has 1 fully saturated rings. The minimum atomic E-state index is -0.462. The van der Waals surface area contributed by atoms with Crippen LogP contribution in [-0.4, -0.2) is 57.4 Å².